The lowest BCUT2D eigenvalue weighted by molar-refractivity contribution is -0.130. The maximum atomic E-state index is 12.5. The fourth-order valence-electron chi connectivity index (χ4n) is 3.03. The van der Waals surface area contributed by atoms with E-state index in [-0.39, 0.29) is 25.1 Å². The standard InChI is InChI=1S/C23H21N3O3/c24-15-19-10-8-18(9-11-19)12-13-21-7-4-14-26(21)22(27)16-25-23(28)29-17-20-5-2-1-3-6-20/h1-3,5-6,8-11,21H,4,7,14,16-17H2,(H,25,28). The molecule has 146 valence electrons. The van der Waals surface area contributed by atoms with Crippen LogP contribution in [-0.2, 0) is 16.1 Å². The summed E-state index contributed by atoms with van der Waals surface area (Å²) in [7, 11) is 0. The first-order valence-electron chi connectivity index (χ1n) is 9.41. The van der Waals surface area contributed by atoms with Crippen LogP contribution in [0.15, 0.2) is 54.6 Å². The number of ether oxygens (including phenoxy) is 1. The van der Waals surface area contributed by atoms with Gasteiger partial charge in [0.15, 0.2) is 0 Å². The predicted octanol–water partition coefficient (Wildman–Crippen LogP) is 2.83. The molecule has 1 N–H and O–H groups in total. The van der Waals surface area contributed by atoms with Crippen LogP contribution in [0.2, 0.25) is 0 Å². The highest BCUT2D eigenvalue weighted by Gasteiger charge is 2.27. The van der Waals surface area contributed by atoms with Gasteiger partial charge in [-0.25, -0.2) is 4.79 Å². The van der Waals surface area contributed by atoms with E-state index in [0.717, 1.165) is 24.0 Å². The highest BCUT2D eigenvalue weighted by atomic mass is 16.5. The SMILES string of the molecule is N#Cc1ccc(C#CC2CCCN2C(=O)CNC(=O)OCc2ccccc2)cc1. The smallest absolute Gasteiger partial charge is 0.407 e. The van der Waals surface area contributed by atoms with Gasteiger partial charge in [0.05, 0.1) is 17.7 Å². The van der Waals surface area contributed by atoms with E-state index >= 15 is 0 Å². The van der Waals surface area contributed by atoms with Gasteiger partial charge in [0, 0.05) is 12.1 Å². The second-order valence-corrected chi connectivity index (χ2v) is 6.62. The molecule has 6 heteroatoms. The number of nitrogens with one attached hydrogen (secondary N) is 1. The van der Waals surface area contributed by atoms with Crippen LogP contribution in [-0.4, -0.2) is 36.0 Å². The highest BCUT2D eigenvalue weighted by Crippen LogP contribution is 2.16. The summed E-state index contributed by atoms with van der Waals surface area (Å²) in [6.07, 6.45) is 1.05. The van der Waals surface area contributed by atoms with Crippen molar-refractivity contribution in [1.29, 1.82) is 5.26 Å². The number of nitrogens with zero attached hydrogens (tertiary/aromatic N) is 2. The van der Waals surface area contributed by atoms with Crippen molar-refractivity contribution < 1.29 is 14.3 Å². The van der Waals surface area contributed by atoms with Gasteiger partial charge in [0.1, 0.15) is 13.2 Å². The zero-order valence-corrected chi connectivity index (χ0v) is 15.9. The Balaban J connectivity index is 1.48. The summed E-state index contributed by atoms with van der Waals surface area (Å²) in [5, 5.41) is 11.3. The minimum absolute atomic E-state index is 0.122. The van der Waals surface area contributed by atoms with Crippen LogP contribution in [0.4, 0.5) is 4.79 Å². The third-order valence-corrected chi connectivity index (χ3v) is 4.57. The van der Waals surface area contributed by atoms with Gasteiger partial charge in [-0.2, -0.15) is 5.26 Å². The van der Waals surface area contributed by atoms with Crippen LogP contribution >= 0.6 is 0 Å². The van der Waals surface area contributed by atoms with Crippen LogP contribution < -0.4 is 5.32 Å². The zero-order chi connectivity index (χ0) is 20.5. The lowest BCUT2D eigenvalue weighted by Crippen LogP contribution is -2.42. The Morgan fingerprint density at radius 3 is 2.55 bits per heavy atom. The molecule has 0 aromatic heterocycles. The Morgan fingerprint density at radius 2 is 1.83 bits per heavy atom. The van der Waals surface area contributed by atoms with E-state index < -0.39 is 6.09 Å². The van der Waals surface area contributed by atoms with Crippen LogP contribution in [0.1, 0.15) is 29.5 Å². The normalized spacial score (nSPS) is 15.0. The van der Waals surface area contributed by atoms with Crippen molar-refractivity contribution in [1.82, 2.24) is 10.2 Å². The van der Waals surface area contributed by atoms with E-state index in [9.17, 15) is 9.59 Å². The third kappa shape index (κ3) is 5.85. The molecule has 1 atom stereocenters. The van der Waals surface area contributed by atoms with Gasteiger partial charge < -0.3 is 15.0 Å². The average molecular weight is 387 g/mol. The maximum absolute atomic E-state index is 12.5. The molecule has 29 heavy (non-hydrogen) atoms. The van der Waals surface area contributed by atoms with E-state index in [0.29, 0.717) is 12.1 Å². The number of hydrogen-bond acceptors (Lipinski definition) is 4. The molecule has 2 aromatic carbocycles. The number of amides is 2. The van der Waals surface area contributed by atoms with Gasteiger partial charge in [-0.15, -0.1) is 0 Å². The second-order valence-electron chi connectivity index (χ2n) is 6.62. The molecule has 0 saturated carbocycles. The van der Waals surface area contributed by atoms with Crippen molar-refractivity contribution >= 4 is 12.0 Å². The van der Waals surface area contributed by atoms with Crippen molar-refractivity contribution in [2.45, 2.75) is 25.5 Å². The number of carbonyl (C=O) groups excluding carboxylic acids is 2. The molecule has 1 aliphatic rings. The van der Waals surface area contributed by atoms with Gasteiger partial charge in [-0.05, 0) is 42.7 Å². The highest BCUT2D eigenvalue weighted by molar-refractivity contribution is 5.83. The van der Waals surface area contributed by atoms with Gasteiger partial charge in [0.25, 0.3) is 0 Å². The maximum Gasteiger partial charge on any atom is 0.407 e. The summed E-state index contributed by atoms with van der Waals surface area (Å²) in [5.41, 5.74) is 2.26. The van der Waals surface area contributed by atoms with E-state index in [1.54, 1.807) is 29.2 Å². The number of likely N-dealkylation sites (tertiary alicyclic amines) is 1. The van der Waals surface area contributed by atoms with E-state index in [1.807, 2.05) is 30.3 Å². The molecule has 0 radical (unpaired) electrons. The molecule has 2 amide bonds. The van der Waals surface area contributed by atoms with Crippen molar-refractivity contribution in [2.24, 2.45) is 0 Å². The van der Waals surface area contributed by atoms with Crippen LogP contribution in [0.5, 0.6) is 0 Å². The zero-order valence-electron chi connectivity index (χ0n) is 15.9. The summed E-state index contributed by atoms with van der Waals surface area (Å²) >= 11 is 0. The van der Waals surface area contributed by atoms with Crippen LogP contribution in [0.3, 0.4) is 0 Å². The Bertz CT molecular complexity index is 953. The molecule has 0 bridgehead atoms. The fourth-order valence-corrected chi connectivity index (χ4v) is 3.03. The molecular formula is C23H21N3O3. The molecule has 0 spiro atoms. The number of hydrogen-bond donors (Lipinski definition) is 1. The van der Waals surface area contributed by atoms with Gasteiger partial charge >= 0.3 is 6.09 Å². The van der Waals surface area contributed by atoms with E-state index in [4.69, 9.17) is 10.00 Å². The summed E-state index contributed by atoms with van der Waals surface area (Å²) < 4.78 is 5.12. The van der Waals surface area contributed by atoms with E-state index in [1.165, 1.54) is 0 Å². The first-order valence-corrected chi connectivity index (χ1v) is 9.41. The summed E-state index contributed by atoms with van der Waals surface area (Å²) in [6.45, 7) is 0.651. The van der Waals surface area contributed by atoms with Crippen LogP contribution in [0.25, 0.3) is 0 Å². The third-order valence-electron chi connectivity index (χ3n) is 4.57. The Morgan fingerprint density at radius 1 is 1.10 bits per heavy atom. The molecular weight excluding hydrogens is 366 g/mol. The molecule has 6 nitrogen and oxygen atoms in total. The molecule has 1 aliphatic heterocycles. The lowest BCUT2D eigenvalue weighted by Gasteiger charge is -2.20. The molecule has 1 fully saturated rings. The van der Waals surface area contributed by atoms with Crippen molar-refractivity contribution in [2.75, 3.05) is 13.1 Å². The topological polar surface area (TPSA) is 82.4 Å². The largest absolute Gasteiger partial charge is 0.445 e. The Kier molecular flexibility index (Phi) is 6.86. The lowest BCUT2D eigenvalue weighted by atomic mass is 10.1. The molecule has 2 aromatic rings. The van der Waals surface area contributed by atoms with E-state index in [2.05, 4.69) is 23.2 Å². The Hall–Kier alpha value is -3.77. The number of alkyl carbamates (subject to hydrolysis) is 1. The Labute approximate surface area is 170 Å². The molecule has 3 rings (SSSR count). The summed E-state index contributed by atoms with van der Waals surface area (Å²) in [5.74, 6) is 6.01. The number of nitriles is 1. The monoisotopic (exact) mass is 387 g/mol. The van der Waals surface area contributed by atoms with Gasteiger partial charge in [0.2, 0.25) is 5.91 Å². The van der Waals surface area contributed by atoms with Crippen molar-refractivity contribution in [3.05, 3.63) is 71.3 Å². The summed E-state index contributed by atoms with van der Waals surface area (Å²) in [4.78, 5) is 26.0. The molecule has 0 aliphatic carbocycles. The van der Waals surface area contributed by atoms with Crippen molar-refractivity contribution in [3.63, 3.8) is 0 Å². The van der Waals surface area contributed by atoms with Gasteiger partial charge in [-0.3, -0.25) is 4.79 Å². The van der Waals surface area contributed by atoms with Gasteiger partial charge in [-0.1, -0.05) is 42.2 Å². The number of rotatable bonds is 4. The quantitative estimate of drug-likeness (QED) is 0.818. The minimum atomic E-state index is -0.624. The average Bonchev–Trinajstić information content (AvgIpc) is 3.24. The number of carbonyl (C=O) groups is 2. The molecule has 1 heterocycles. The molecule has 1 saturated heterocycles. The van der Waals surface area contributed by atoms with Crippen LogP contribution in [0, 0.1) is 23.2 Å². The predicted molar refractivity (Wildman–Crippen MR) is 107 cm³/mol. The second kappa shape index (κ2) is 9.96. The fraction of sp³-hybridized carbons (Fsp3) is 0.261. The first kappa shape index (κ1) is 20.0. The summed E-state index contributed by atoms with van der Waals surface area (Å²) in [6, 6.07) is 18.2. The van der Waals surface area contributed by atoms with Crippen molar-refractivity contribution in [3.8, 4) is 17.9 Å². The minimum Gasteiger partial charge on any atom is -0.445 e. The first-order chi connectivity index (χ1) is 14.2. The number of benzene rings is 2. The molecule has 1 unspecified atom stereocenters.